The van der Waals surface area contributed by atoms with Crippen molar-refractivity contribution >= 4 is 5.91 Å². The number of hydrogen-bond donors (Lipinski definition) is 1. The Kier molecular flexibility index (Phi) is 5.71. The molecule has 1 heterocycles. The van der Waals surface area contributed by atoms with E-state index in [0.29, 0.717) is 12.1 Å². The molecule has 3 rings (SSSR count). The fraction of sp³-hybridized carbons (Fsp3) is 0.200. The average molecular weight is 366 g/mol. The Morgan fingerprint density at radius 3 is 2.59 bits per heavy atom. The van der Waals surface area contributed by atoms with Crippen LogP contribution in [0.5, 0.6) is 0 Å². The molecule has 0 radical (unpaired) electrons. The van der Waals surface area contributed by atoms with Crippen LogP contribution in [0.15, 0.2) is 59.4 Å². The number of nitrogens with one attached hydrogen (secondary N) is 1. The van der Waals surface area contributed by atoms with Gasteiger partial charge in [-0.25, -0.2) is 4.39 Å². The van der Waals surface area contributed by atoms with Crippen molar-refractivity contribution in [3.8, 4) is 11.4 Å². The van der Waals surface area contributed by atoms with Crippen molar-refractivity contribution in [1.29, 1.82) is 0 Å². The number of amides is 1. The van der Waals surface area contributed by atoms with E-state index in [2.05, 4.69) is 15.2 Å². The fourth-order valence-electron chi connectivity index (χ4n) is 2.65. The average Bonchev–Trinajstić information content (AvgIpc) is 2.67. The van der Waals surface area contributed by atoms with Gasteiger partial charge in [0.15, 0.2) is 5.82 Å². The van der Waals surface area contributed by atoms with E-state index in [9.17, 15) is 14.0 Å². The number of aromatic amines is 1. The molecule has 1 N–H and O–H groups in total. The predicted octanol–water partition coefficient (Wildman–Crippen LogP) is 2.56. The lowest BCUT2D eigenvalue weighted by molar-refractivity contribution is -0.130. The molecule has 1 amide bonds. The van der Waals surface area contributed by atoms with Crippen LogP contribution in [0, 0.1) is 5.82 Å². The van der Waals surface area contributed by atoms with Crippen LogP contribution in [0.1, 0.15) is 17.7 Å². The highest BCUT2D eigenvalue weighted by Gasteiger charge is 2.13. The summed E-state index contributed by atoms with van der Waals surface area (Å²) in [5, 5.41) is 7.86. The molecule has 0 saturated carbocycles. The number of H-pyrrole nitrogens is 1. The first-order chi connectivity index (χ1) is 13.0. The van der Waals surface area contributed by atoms with Crippen LogP contribution in [0.2, 0.25) is 0 Å². The van der Waals surface area contributed by atoms with Gasteiger partial charge in [0, 0.05) is 32.0 Å². The van der Waals surface area contributed by atoms with E-state index in [1.807, 2.05) is 30.3 Å². The summed E-state index contributed by atoms with van der Waals surface area (Å²) in [5.74, 6) is -0.323. The number of carbonyl (C=O) groups excluding carboxylic acids is 1. The van der Waals surface area contributed by atoms with Crippen LogP contribution in [0.4, 0.5) is 4.39 Å². The molecule has 0 atom stereocenters. The molecule has 0 aliphatic rings. The summed E-state index contributed by atoms with van der Waals surface area (Å²) < 4.78 is 13.3. The van der Waals surface area contributed by atoms with Crippen LogP contribution in [0.25, 0.3) is 11.4 Å². The lowest BCUT2D eigenvalue weighted by atomic mass is 10.2. The molecule has 0 aliphatic heterocycles. The van der Waals surface area contributed by atoms with Gasteiger partial charge in [0.05, 0.1) is 0 Å². The Hall–Kier alpha value is -3.35. The maximum absolute atomic E-state index is 13.3. The number of aryl methyl sites for hydroxylation is 1. The smallest absolute Gasteiger partial charge is 0.273 e. The number of aromatic nitrogens is 3. The molecule has 0 aliphatic carbocycles. The third-order valence-electron chi connectivity index (χ3n) is 4.13. The van der Waals surface area contributed by atoms with Gasteiger partial charge in [-0.2, -0.15) is 0 Å². The maximum Gasteiger partial charge on any atom is 0.273 e. The Morgan fingerprint density at radius 2 is 1.89 bits per heavy atom. The summed E-state index contributed by atoms with van der Waals surface area (Å²) in [6, 6.07) is 15.4. The van der Waals surface area contributed by atoms with Crippen LogP contribution in [-0.2, 0) is 17.8 Å². The molecule has 6 nitrogen and oxygen atoms in total. The third-order valence-corrected chi connectivity index (χ3v) is 4.13. The monoisotopic (exact) mass is 366 g/mol. The van der Waals surface area contributed by atoms with Gasteiger partial charge in [-0.3, -0.25) is 9.59 Å². The summed E-state index contributed by atoms with van der Waals surface area (Å²) >= 11 is 0. The second kappa shape index (κ2) is 8.35. The van der Waals surface area contributed by atoms with Crippen LogP contribution in [0.3, 0.4) is 0 Å². The van der Waals surface area contributed by atoms with Gasteiger partial charge in [0.25, 0.3) is 5.56 Å². The Morgan fingerprint density at radius 1 is 1.11 bits per heavy atom. The zero-order chi connectivity index (χ0) is 19.2. The van der Waals surface area contributed by atoms with Crippen molar-refractivity contribution in [2.45, 2.75) is 19.4 Å². The number of rotatable bonds is 6. The zero-order valence-electron chi connectivity index (χ0n) is 14.9. The highest BCUT2D eigenvalue weighted by molar-refractivity contribution is 5.76. The van der Waals surface area contributed by atoms with Crippen LogP contribution < -0.4 is 5.56 Å². The minimum absolute atomic E-state index is 0.0886. The minimum Gasteiger partial charge on any atom is -0.341 e. The third kappa shape index (κ3) is 4.84. The lowest BCUT2D eigenvalue weighted by Gasteiger charge is -2.17. The van der Waals surface area contributed by atoms with Gasteiger partial charge in [0.2, 0.25) is 5.91 Å². The highest BCUT2D eigenvalue weighted by Crippen LogP contribution is 2.13. The molecular formula is C20H19FN4O2. The summed E-state index contributed by atoms with van der Waals surface area (Å²) in [5.41, 5.74) is 1.22. The van der Waals surface area contributed by atoms with E-state index in [-0.39, 0.29) is 30.3 Å². The molecule has 0 fully saturated rings. The minimum atomic E-state index is -0.428. The number of hydrogen-bond acceptors (Lipinski definition) is 4. The SMILES string of the molecule is CN(Cc1ccccc1)C(=O)CCc1nnc(-c2cccc(F)c2)[nH]c1=O. The summed E-state index contributed by atoms with van der Waals surface area (Å²) in [6.07, 6.45) is 0.337. The van der Waals surface area contributed by atoms with Gasteiger partial charge in [0.1, 0.15) is 11.5 Å². The van der Waals surface area contributed by atoms with Gasteiger partial charge in [-0.1, -0.05) is 42.5 Å². The Balaban J connectivity index is 1.62. The molecule has 0 bridgehead atoms. The molecule has 27 heavy (non-hydrogen) atoms. The highest BCUT2D eigenvalue weighted by atomic mass is 19.1. The van der Waals surface area contributed by atoms with E-state index in [1.165, 1.54) is 18.2 Å². The van der Waals surface area contributed by atoms with Crippen LogP contribution >= 0.6 is 0 Å². The van der Waals surface area contributed by atoms with Crippen molar-refractivity contribution in [1.82, 2.24) is 20.1 Å². The van der Waals surface area contributed by atoms with E-state index in [0.717, 1.165) is 5.56 Å². The number of carbonyl (C=O) groups is 1. The van der Waals surface area contributed by atoms with E-state index in [4.69, 9.17) is 0 Å². The molecule has 0 spiro atoms. The van der Waals surface area contributed by atoms with Crippen LogP contribution in [-0.4, -0.2) is 33.0 Å². The molecule has 2 aromatic carbocycles. The standard InChI is InChI=1S/C20H19FN4O2/c1-25(13-14-6-3-2-4-7-14)18(26)11-10-17-20(27)22-19(24-23-17)15-8-5-9-16(21)12-15/h2-9,12H,10-11,13H2,1H3,(H,22,24,27). The number of nitrogens with zero attached hydrogens (tertiary/aromatic N) is 3. The molecule has 7 heteroatoms. The zero-order valence-corrected chi connectivity index (χ0v) is 14.9. The maximum atomic E-state index is 13.3. The molecule has 138 valence electrons. The first-order valence-electron chi connectivity index (χ1n) is 8.52. The van der Waals surface area contributed by atoms with E-state index in [1.54, 1.807) is 18.0 Å². The first kappa shape index (κ1) is 18.4. The number of benzene rings is 2. The quantitative estimate of drug-likeness (QED) is 0.727. The topological polar surface area (TPSA) is 79.0 Å². The second-order valence-electron chi connectivity index (χ2n) is 6.20. The van der Waals surface area contributed by atoms with Crippen molar-refractivity contribution in [3.05, 3.63) is 82.0 Å². The van der Waals surface area contributed by atoms with E-state index < -0.39 is 11.4 Å². The van der Waals surface area contributed by atoms with Crippen molar-refractivity contribution in [3.63, 3.8) is 0 Å². The molecule has 3 aromatic rings. The largest absolute Gasteiger partial charge is 0.341 e. The first-order valence-corrected chi connectivity index (χ1v) is 8.52. The van der Waals surface area contributed by atoms with Crippen molar-refractivity contribution < 1.29 is 9.18 Å². The number of halogens is 1. The molecule has 0 unspecified atom stereocenters. The van der Waals surface area contributed by atoms with Gasteiger partial charge in [-0.05, 0) is 17.7 Å². The fourth-order valence-corrected chi connectivity index (χ4v) is 2.65. The van der Waals surface area contributed by atoms with E-state index >= 15 is 0 Å². The Labute approximate surface area is 155 Å². The summed E-state index contributed by atoms with van der Waals surface area (Å²) in [4.78, 5) is 28.7. The molecular weight excluding hydrogens is 347 g/mol. The lowest BCUT2D eigenvalue weighted by Crippen LogP contribution is -2.27. The molecule has 0 saturated heterocycles. The summed E-state index contributed by atoms with van der Waals surface area (Å²) in [6.45, 7) is 0.500. The Bertz CT molecular complexity index is 989. The second-order valence-corrected chi connectivity index (χ2v) is 6.20. The molecule has 1 aromatic heterocycles. The predicted molar refractivity (Wildman–Crippen MR) is 99.3 cm³/mol. The normalized spacial score (nSPS) is 10.6. The van der Waals surface area contributed by atoms with Crippen molar-refractivity contribution in [2.24, 2.45) is 0 Å². The van der Waals surface area contributed by atoms with Crippen molar-refractivity contribution in [2.75, 3.05) is 7.05 Å². The summed E-state index contributed by atoms with van der Waals surface area (Å²) in [7, 11) is 1.72. The van der Waals surface area contributed by atoms with Gasteiger partial charge >= 0.3 is 0 Å². The van der Waals surface area contributed by atoms with Gasteiger partial charge in [-0.15, -0.1) is 10.2 Å². The van der Waals surface area contributed by atoms with Gasteiger partial charge < -0.3 is 9.88 Å².